The van der Waals surface area contributed by atoms with Crippen LogP contribution in [0.3, 0.4) is 0 Å². The molecule has 1 unspecified atom stereocenters. The molecule has 0 spiro atoms. The zero-order chi connectivity index (χ0) is 16.9. The maximum absolute atomic E-state index is 12.4. The van der Waals surface area contributed by atoms with E-state index in [0.717, 1.165) is 34.3 Å². The van der Waals surface area contributed by atoms with Crippen molar-refractivity contribution in [3.63, 3.8) is 0 Å². The first kappa shape index (κ1) is 16.1. The van der Waals surface area contributed by atoms with Crippen LogP contribution in [0.15, 0.2) is 48.8 Å². The van der Waals surface area contributed by atoms with E-state index in [-0.39, 0.29) is 11.8 Å². The molecule has 0 fully saturated rings. The quantitative estimate of drug-likeness (QED) is 0.733. The fourth-order valence-corrected chi connectivity index (χ4v) is 2.76. The first-order valence-electron chi connectivity index (χ1n) is 8.01. The minimum absolute atomic E-state index is 0.0150. The number of methoxy groups -OCH3 is 1. The van der Waals surface area contributed by atoms with Gasteiger partial charge in [-0.05, 0) is 48.7 Å². The molecule has 0 aliphatic heterocycles. The lowest BCUT2D eigenvalue weighted by Gasteiger charge is -2.13. The number of ether oxygens (including phenoxy) is 1. The minimum atomic E-state index is -0.218. The van der Waals surface area contributed by atoms with Gasteiger partial charge in [-0.2, -0.15) is 0 Å². The second kappa shape index (κ2) is 7.17. The van der Waals surface area contributed by atoms with Crippen molar-refractivity contribution < 1.29 is 9.53 Å². The predicted molar refractivity (Wildman–Crippen MR) is 94.2 cm³/mol. The second-order valence-electron chi connectivity index (χ2n) is 5.75. The van der Waals surface area contributed by atoms with Crippen LogP contribution < -0.4 is 10.1 Å². The molecule has 1 amide bonds. The summed E-state index contributed by atoms with van der Waals surface area (Å²) >= 11 is 0. The van der Waals surface area contributed by atoms with Crippen LogP contribution in [-0.4, -0.2) is 29.5 Å². The summed E-state index contributed by atoms with van der Waals surface area (Å²) in [7, 11) is 1.62. The number of aromatic amines is 1. The average molecular weight is 323 g/mol. The van der Waals surface area contributed by atoms with Gasteiger partial charge in [0.15, 0.2) is 0 Å². The van der Waals surface area contributed by atoms with Crippen LogP contribution in [-0.2, 0) is 11.2 Å². The standard InChI is InChI=1S/C19H21N3O2/c1-13(14-5-3-6-16(11-14)24-2)19(23)21-10-8-15-12-22-18-17(15)7-4-9-20-18/h3-7,9,11-13H,8,10H2,1-2H3,(H,20,22)(H,21,23). The average Bonchev–Trinajstić information content (AvgIpc) is 3.04. The van der Waals surface area contributed by atoms with Gasteiger partial charge in [0.1, 0.15) is 11.4 Å². The Morgan fingerprint density at radius 2 is 2.21 bits per heavy atom. The highest BCUT2D eigenvalue weighted by atomic mass is 16.5. The van der Waals surface area contributed by atoms with Crippen molar-refractivity contribution in [2.45, 2.75) is 19.3 Å². The normalized spacial score (nSPS) is 12.1. The number of fused-ring (bicyclic) bond motifs is 1. The number of hydrogen-bond acceptors (Lipinski definition) is 3. The number of amides is 1. The van der Waals surface area contributed by atoms with Gasteiger partial charge in [-0.25, -0.2) is 4.98 Å². The number of nitrogens with one attached hydrogen (secondary N) is 2. The Morgan fingerprint density at radius 1 is 1.33 bits per heavy atom. The van der Waals surface area contributed by atoms with E-state index in [1.54, 1.807) is 13.3 Å². The Labute approximate surface area is 141 Å². The van der Waals surface area contributed by atoms with Crippen LogP contribution >= 0.6 is 0 Å². The first-order chi connectivity index (χ1) is 11.7. The van der Waals surface area contributed by atoms with Gasteiger partial charge in [0, 0.05) is 24.3 Å². The number of hydrogen-bond donors (Lipinski definition) is 2. The number of benzene rings is 1. The highest BCUT2D eigenvalue weighted by Crippen LogP contribution is 2.21. The van der Waals surface area contributed by atoms with E-state index in [1.165, 1.54) is 0 Å². The molecule has 1 aromatic carbocycles. The highest BCUT2D eigenvalue weighted by molar-refractivity contribution is 5.83. The number of carbonyl (C=O) groups is 1. The van der Waals surface area contributed by atoms with E-state index in [0.29, 0.717) is 6.54 Å². The largest absolute Gasteiger partial charge is 0.497 e. The zero-order valence-corrected chi connectivity index (χ0v) is 13.9. The van der Waals surface area contributed by atoms with E-state index in [2.05, 4.69) is 15.3 Å². The smallest absolute Gasteiger partial charge is 0.227 e. The summed E-state index contributed by atoms with van der Waals surface area (Å²) in [6, 6.07) is 11.6. The molecule has 1 atom stereocenters. The summed E-state index contributed by atoms with van der Waals surface area (Å²) in [6.45, 7) is 2.49. The first-order valence-corrected chi connectivity index (χ1v) is 8.01. The van der Waals surface area contributed by atoms with Crippen molar-refractivity contribution >= 4 is 16.9 Å². The highest BCUT2D eigenvalue weighted by Gasteiger charge is 2.15. The molecule has 124 valence electrons. The number of H-pyrrole nitrogens is 1. The minimum Gasteiger partial charge on any atom is -0.497 e. The van der Waals surface area contributed by atoms with Crippen LogP contribution in [0.2, 0.25) is 0 Å². The van der Waals surface area contributed by atoms with Gasteiger partial charge in [-0.1, -0.05) is 12.1 Å². The van der Waals surface area contributed by atoms with E-state index in [1.807, 2.05) is 49.5 Å². The summed E-state index contributed by atoms with van der Waals surface area (Å²) in [4.78, 5) is 19.8. The molecular weight excluding hydrogens is 302 g/mol. The molecule has 5 heteroatoms. The molecule has 0 aliphatic carbocycles. The Bertz CT molecular complexity index is 841. The van der Waals surface area contributed by atoms with Crippen molar-refractivity contribution in [2.24, 2.45) is 0 Å². The van der Waals surface area contributed by atoms with Gasteiger partial charge >= 0.3 is 0 Å². The SMILES string of the molecule is COc1cccc(C(C)C(=O)NCCc2c[nH]c3ncccc23)c1. The molecule has 3 rings (SSSR count). The molecule has 5 nitrogen and oxygen atoms in total. The molecule has 2 aromatic heterocycles. The van der Waals surface area contributed by atoms with Gasteiger partial charge in [-0.3, -0.25) is 4.79 Å². The Kier molecular flexibility index (Phi) is 4.79. The second-order valence-corrected chi connectivity index (χ2v) is 5.75. The maximum atomic E-state index is 12.4. The van der Waals surface area contributed by atoms with Gasteiger partial charge in [-0.15, -0.1) is 0 Å². The zero-order valence-electron chi connectivity index (χ0n) is 13.9. The Morgan fingerprint density at radius 3 is 3.04 bits per heavy atom. The fraction of sp³-hybridized carbons (Fsp3) is 0.263. The topological polar surface area (TPSA) is 67.0 Å². The third-order valence-corrected chi connectivity index (χ3v) is 4.22. The van der Waals surface area contributed by atoms with E-state index in [4.69, 9.17) is 4.74 Å². The third kappa shape index (κ3) is 3.40. The molecule has 24 heavy (non-hydrogen) atoms. The van der Waals surface area contributed by atoms with Crippen LogP contribution in [0.1, 0.15) is 24.0 Å². The van der Waals surface area contributed by atoms with Crippen LogP contribution in [0.5, 0.6) is 5.75 Å². The number of nitrogens with zero attached hydrogens (tertiary/aromatic N) is 1. The molecule has 2 N–H and O–H groups in total. The van der Waals surface area contributed by atoms with Crippen LogP contribution in [0, 0.1) is 0 Å². The van der Waals surface area contributed by atoms with E-state index >= 15 is 0 Å². The number of rotatable bonds is 6. The Balaban J connectivity index is 1.59. The van der Waals surface area contributed by atoms with Crippen molar-refractivity contribution in [2.75, 3.05) is 13.7 Å². The molecule has 0 radical (unpaired) electrons. The molecule has 0 bridgehead atoms. The molecule has 2 heterocycles. The summed E-state index contributed by atoms with van der Waals surface area (Å²) < 4.78 is 5.21. The van der Waals surface area contributed by atoms with Gasteiger partial charge in [0.05, 0.1) is 13.0 Å². The maximum Gasteiger partial charge on any atom is 0.227 e. The Hall–Kier alpha value is -2.82. The van der Waals surface area contributed by atoms with Crippen molar-refractivity contribution in [3.8, 4) is 5.75 Å². The van der Waals surface area contributed by atoms with Crippen molar-refractivity contribution in [1.82, 2.24) is 15.3 Å². The molecule has 0 aliphatic rings. The van der Waals surface area contributed by atoms with Crippen molar-refractivity contribution in [1.29, 1.82) is 0 Å². The van der Waals surface area contributed by atoms with Gasteiger partial charge in [0.25, 0.3) is 0 Å². The van der Waals surface area contributed by atoms with Crippen LogP contribution in [0.25, 0.3) is 11.0 Å². The van der Waals surface area contributed by atoms with E-state index in [9.17, 15) is 4.79 Å². The molecular formula is C19H21N3O2. The van der Waals surface area contributed by atoms with Gasteiger partial charge < -0.3 is 15.0 Å². The lowest BCUT2D eigenvalue weighted by atomic mass is 10.00. The fourth-order valence-electron chi connectivity index (χ4n) is 2.76. The summed E-state index contributed by atoms with van der Waals surface area (Å²) in [5.41, 5.74) is 2.99. The predicted octanol–water partition coefficient (Wildman–Crippen LogP) is 3.03. The number of pyridine rings is 1. The lowest BCUT2D eigenvalue weighted by molar-refractivity contribution is -0.122. The summed E-state index contributed by atoms with van der Waals surface area (Å²) in [5.74, 6) is 0.560. The van der Waals surface area contributed by atoms with Crippen LogP contribution in [0.4, 0.5) is 0 Å². The lowest BCUT2D eigenvalue weighted by Crippen LogP contribution is -2.29. The molecule has 0 saturated carbocycles. The van der Waals surface area contributed by atoms with Gasteiger partial charge in [0.2, 0.25) is 5.91 Å². The van der Waals surface area contributed by atoms with E-state index < -0.39 is 0 Å². The summed E-state index contributed by atoms with van der Waals surface area (Å²) in [6.07, 6.45) is 4.48. The number of aromatic nitrogens is 2. The van der Waals surface area contributed by atoms with Crippen molar-refractivity contribution in [3.05, 3.63) is 59.9 Å². The summed E-state index contributed by atoms with van der Waals surface area (Å²) in [5, 5.41) is 4.11. The third-order valence-electron chi connectivity index (χ3n) is 4.22. The molecule has 3 aromatic rings. The monoisotopic (exact) mass is 323 g/mol. The number of carbonyl (C=O) groups excluding carboxylic acids is 1. The molecule has 0 saturated heterocycles.